The van der Waals surface area contributed by atoms with E-state index in [2.05, 4.69) is 0 Å². The molecule has 1 fully saturated rings. The summed E-state index contributed by atoms with van der Waals surface area (Å²) >= 11 is 0. The van der Waals surface area contributed by atoms with E-state index < -0.39 is 49.5 Å². The lowest BCUT2D eigenvalue weighted by atomic mass is 9.93. The molecule has 2 aromatic rings. The second-order valence-electron chi connectivity index (χ2n) is 8.17. The first kappa shape index (κ1) is 24.3. The number of hydrogen-bond donors (Lipinski definition) is 6. The van der Waals surface area contributed by atoms with Crippen LogP contribution in [0.15, 0.2) is 30.3 Å². The summed E-state index contributed by atoms with van der Waals surface area (Å²) in [6.07, 6.45) is -8.70. The van der Waals surface area contributed by atoms with E-state index in [9.17, 15) is 30.6 Å². The van der Waals surface area contributed by atoms with Gasteiger partial charge in [-0.2, -0.15) is 0 Å². The Balaban J connectivity index is 1.71. The molecule has 11 nitrogen and oxygen atoms in total. The van der Waals surface area contributed by atoms with Crippen molar-refractivity contribution in [3.63, 3.8) is 0 Å². The van der Waals surface area contributed by atoms with Gasteiger partial charge in [-0.1, -0.05) is 6.07 Å². The van der Waals surface area contributed by atoms with Gasteiger partial charge in [0.2, 0.25) is 0 Å². The molecule has 34 heavy (non-hydrogen) atoms. The highest BCUT2D eigenvalue weighted by Gasteiger charge is 2.46. The topological polar surface area (TPSA) is 168 Å². The maximum Gasteiger partial charge on any atom is 0.187 e. The van der Waals surface area contributed by atoms with Gasteiger partial charge < -0.3 is 54.3 Å². The third-order valence-electron chi connectivity index (χ3n) is 6.06. The van der Waals surface area contributed by atoms with Gasteiger partial charge in [-0.15, -0.1) is 0 Å². The Bertz CT molecular complexity index is 1010. The predicted octanol–water partition coefficient (Wildman–Crippen LogP) is -0.0237. The average molecular weight is 480 g/mol. The Morgan fingerprint density at radius 3 is 2.35 bits per heavy atom. The summed E-state index contributed by atoms with van der Waals surface area (Å²) in [6.45, 7) is -0.597. The fourth-order valence-corrected chi connectivity index (χ4v) is 4.24. The molecule has 0 unspecified atom stereocenters. The van der Waals surface area contributed by atoms with Crippen molar-refractivity contribution in [2.24, 2.45) is 0 Å². The minimum atomic E-state index is -1.61. The minimum Gasteiger partial charge on any atom is -0.508 e. The normalized spacial score (nSPS) is 30.8. The molecule has 6 N–H and O–H groups in total. The zero-order valence-electron chi connectivity index (χ0n) is 18.6. The fourth-order valence-electron chi connectivity index (χ4n) is 4.24. The third kappa shape index (κ3) is 4.45. The summed E-state index contributed by atoms with van der Waals surface area (Å²) < 4.78 is 28.3. The van der Waals surface area contributed by atoms with E-state index in [-0.39, 0.29) is 23.7 Å². The van der Waals surface area contributed by atoms with Crippen LogP contribution in [0.1, 0.15) is 17.2 Å². The summed E-state index contributed by atoms with van der Waals surface area (Å²) in [5.41, 5.74) is 1.15. The van der Waals surface area contributed by atoms with Crippen molar-refractivity contribution in [3.8, 4) is 28.7 Å². The smallest absolute Gasteiger partial charge is 0.187 e. The zero-order valence-corrected chi connectivity index (χ0v) is 18.6. The fraction of sp³-hybridized carbons (Fsp3) is 0.478. The van der Waals surface area contributed by atoms with Gasteiger partial charge >= 0.3 is 0 Å². The van der Waals surface area contributed by atoms with Crippen LogP contribution in [0.4, 0.5) is 0 Å². The lowest BCUT2D eigenvalue weighted by Gasteiger charge is -2.43. The maximum atomic E-state index is 10.5. The van der Waals surface area contributed by atoms with Crippen LogP contribution < -0.4 is 14.2 Å². The van der Waals surface area contributed by atoms with E-state index in [1.165, 1.54) is 32.4 Å². The molecule has 2 aliphatic rings. The molecular formula is C23H28O11. The molecule has 0 saturated carbocycles. The third-order valence-corrected chi connectivity index (χ3v) is 6.06. The van der Waals surface area contributed by atoms with Gasteiger partial charge in [0.1, 0.15) is 47.8 Å². The van der Waals surface area contributed by atoms with Crippen molar-refractivity contribution < 1.29 is 54.3 Å². The van der Waals surface area contributed by atoms with Gasteiger partial charge in [0.05, 0.1) is 20.8 Å². The van der Waals surface area contributed by atoms with Crippen molar-refractivity contribution in [1.29, 1.82) is 0 Å². The number of ether oxygens (including phenoxy) is 5. The Morgan fingerprint density at radius 1 is 0.941 bits per heavy atom. The van der Waals surface area contributed by atoms with Crippen LogP contribution in [0.3, 0.4) is 0 Å². The number of fused-ring (bicyclic) bond motifs is 1. The number of methoxy groups -OCH3 is 2. The van der Waals surface area contributed by atoms with E-state index in [1.54, 1.807) is 12.1 Å². The lowest BCUT2D eigenvalue weighted by Crippen LogP contribution is -2.60. The van der Waals surface area contributed by atoms with Gasteiger partial charge in [0.25, 0.3) is 0 Å². The molecule has 4 rings (SSSR count). The van der Waals surface area contributed by atoms with Gasteiger partial charge in [0.15, 0.2) is 23.9 Å². The van der Waals surface area contributed by atoms with Crippen LogP contribution in [0.5, 0.6) is 28.7 Å². The number of aliphatic hydroxyl groups excluding tert-OH is 4. The van der Waals surface area contributed by atoms with Crippen LogP contribution in [-0.2, 0) is 15.9 Å². The molecule has 0 bridgehead atoms. The summed E-state index contributed by atoms with van der Waals surface area (Å²) in [5.74, 6) is 0.771. The number of hydrogen-bond acceptors (Lipinski definition) is 11. The average Bonchev–Trinajstić information content (AvgIpc) is 2.83. The minimum absolute atomic E-state index is 0.0639. The first-order valence-corrected chi connectivity index (χ1v) is 10.7. The van der Waals surface area contributed by atoms with E-state index in [0.717, 1.165) is 0 Å². The van der Waals surface area contributed by atoms with Gasteiger partial charge in [-0.3, -0.25) is 0 Å². The molecule has 0 radical (unpaired) electrons. The van der Waals surface area contributed by atoms with E-state index in [4.69, 9.17) is 23.7 Å². The molecule has 0 aliphatic carbocycles. The number of benzene rings is 2. The highest BCUT2D eigenvalue weighted by atomic mass is 16.7. The molecular weight excluding hydrogens is 452 g/mol. The molecule has 2 aliphatic heterocycles. The molecule has 2 heterocycles. The van der Waals surface area contributed by atoms with Crippen LogP contribution in [0, 0.1) is 0 Å². The largest absolute Gasteiger partial charge is 0.508 e. The second kappa shape index (κ2) is 9.82. The second-order valence-corrected chi connectivity index (χ2v) is 8.17. The molecule has 0 amide bonds. The maximum absolute atomic E-state index is 10.5. The van der Waals surface area contributed by atoms with Crippen LogP contribution in [-0.4, -0.2) is 88.3 Å². The summed E-state index contributed by atoms with van der Waals surface area (Å²) in [6, 6.07) is 7.47. The highest BCUT2D eigenvalue weighted by Crippen LogP contribution is 2.45. The van der Waals surface area contributed by atoms with E-state index >= 15 is 0 Å². The SMILES string of the molecule is COc1cc([C@H]2Oc3cc(O)cc(OC)c3C[C@@H]2O[C@@H]2O[C@H](CO)[C@@H](O)[C@H](O)[C@H]2O)ccc1O. The predicted molar refractivity (Wildman–Crippen MR) is 115 cm³/mol. The van der Waals surface area contributed by atoms with Crippen molar-refractivity contribution in [2.45, 2.75) is 49.3 Å². The Morgan fingerprint density at radius 2 is 1.68 bits per heavy atom. The number of phenolic OH excluding ortho intramolecular Hbond substituents is 2. The molecule has 186 valence electrons. The van der Waals surface area contributed by atoms with Crippen LogP contribution in [0.25, 0.3) is 0 Å². The Hall–Kier alpha value is -2.80. The molecule has 7 atom stereocenters. The first-order valence-electron chi connectivity index (χ1n) is 10.7. The van der Waals surface area contributed by atoms with Crippen molar-refractivity contribution in [2.75, 3.05) is 20.8 Å². The van der Waals surface area contributed by atoms with Gasteiger partial charge in [-0.25, -0.2) is 0 Å². The highest BCUT2D eigenvalue weighted by molar-refractivity contribution is 5.52. The number of aromatic hydroxyl groups is 2. The van der Waals surface area contributed by atoms with E-state index in [1.807, 2.05) is 0 Å². The quantitative estimate of drug-likeness (QED) is 0.329. The zero-order chi connectivity index (χ0) is 24.6. The van der Waals surface area contributed by atoms with Crippen molar-refractivity contribution >= 4 is 0 Å². The van der Waals surface area contributed by atoms with Gasteiger partial charge in [0, 0.05) is 24.1 Å². The molecule has 11 heteroatoms. The summed E-state index contributed by atoms with van der Waals surface area (Å²) in [4.78, 5) is 0. The van der Waals surface area contributed by atoms with Crippen molar-refractivity contribution in [1.82, 2.24) is 0 Å². The standard InChI is InChI=1S/C23H28O11/c1-30-14-6-11(25)7-15-12(14)8-17(22(32-15)10-3-4-13(26)16(5-10)31-2)33-23-21(29)20(28)19(27)18(9-24)34-23/h3-7,17-29H,8-9H2,1-2H3/t17-,18+,19+,20-,21+,22+,23+/m0/s1. The number of aliphatic hydroxyl groups is 4. The Labute approximate surface area is 195 Å². The summed E-state index contributed by atoms with van der Waals surface area (Å²) in [7, 11) is 2.85. The monoisotopic (exact) mass is 480 g/mol. The molecule has 0 aromatic heterocycles. The van der Waals surface area contributed by atoms with Crippen LogP contribution in [0.2, 0.25) is 0 Å². The Kier molecular flexibility index (Phi) is 7.03. The summed E-state index contributed by atoms with van der Waals surface area (Å²) in [5, 5.41) is 60.2. The number of phenols is 2. The van der Waals surface area contributed by atoms with Gasteiger partial charge in [-0.05, 0) is 17.7 Å². The molecule has 0 spiro atoms. The number of rotatable bonds is 6. The lowest BCUT2D eigenvalue weighted by molar-refractivity contribution is -0.317. The first-order chi connectivity index (χ1) is 16.3. The van der Waals surface area contributed by atoms with Crippen molar-refractivity contribution in [3.05, 3.63) is 41.5 Å². The molecule has 2 aromatic carbocycles. The molecule has 1 saturated heterocycles. The van der Waals surface area contributed by atoms with E-state index in [0.29, 0.717) is 22.6 Å². The van der Waals surface area contributed by atoms with Crippen LogP contribution >= 0.6 is 0 Å².